The summed E-state index contributed by atoms with van der Waals surface area (Å²) in [6.07, 6.45) is 5.91. The highest BCUT2D eigenvalue weighted by Gasteiger charge is 2.05. The zero-order valence-electron chi connectivity index (χ0n) is 9.99. The van der Waals surface area contributed by atoms with E-state index in [0.717, 1.165) is 12.5 Å². The van der Waals surface area contributed by atoms with E-state index in [1.54, 1.807) is 11.3 Å². The first kappa shape index (κ1) is 12.7. The van der Waals surface area contributed by atoms with Gasteiger partial charge in [0.15, 0.2) is 0 Å². The summed E-state index contributed by atoms with van der Waals surface area (Å²) in [5.41, 5.74) is 1.90. The topological polar surface area (TPSA) is 24.9 Å². The standard InChI is InChI=1S/C12H22N2S/c1-10(2)6-4-5-7-14-11(3)12-8-13-9-15-12/h8-11,14H,4-7H2,1-3H3. The number of hydrogen-bond donors (Lipinski definition) is 1. The third kappa shape index (κ3) is 5.28. The van der Waals surface area contributed by atoms with Crippen molar-refractivity contribution in [1.29, 1.82) is 0 Å². The molecule has 1 aromatic heterocycles. The molecule has 0 saturated heterocycles. The van der Waals surface area contributed by atoms with Crippen LogP contribution >= 0.6 is 11.3 Å². The van der Waals surface area contributed by atoms with Gasteiger partial charge in [0.05, 0.1) is 5.51 Å². The highest BCUT2D eigenvalue weighted by atomic mass is 32.1. The molecule has 0 aliphatic heterocycles. The van der Waals surface area contributed by atoms with Crippen molar-refractivity contribution in [2.45, 2.75) is 46.1 Å². The highest BCUT2D eigenvalue weighted by molar-refractivity contribution is 7.09. The molecule has 0 bridgehead atoms. The first-order valence-electron chi connectivity index (χ1n) is 5.82. The Morgan fingerprint density at radius 2 is 2.13 bits per heavy atom. The number of rotatable bonds is 7. The smallest absolute Gasteiger partial charge is 0.0794 e. The summed E-state index contributed by atoms with van der Waals surface area (Å²) in [6, 6.07) is 0.455. The normalized spacial score (nSPS) is 13.3. The zero-order chi connectivity index (χ0) is 11.1. The van der Waals surface area contributed by atoms with Crippen molar-refractivity contribution in [2.24, 2.45) is 5.92 Å². The molecule has 0 saturated carbocycles. The number of unbranched alkanes of at least 4 members (excludes halogenated alkanes) is 1. The Labute approximate surface area is 97.1 Å². The van der Waals surface area contributed by atoms with E-state index in [1.165, 1.54) is 24.1 Å². The van der Waals surface area contributed by atoms with E-state index < -0.39 is 0 Å². The van der Waals surface area contributed by atoms with Gasteiger partial charge in [-0.3, -0.25) is 4.98 Å². The van der Waals surface area contributed by atoms with Crippen LogP contribution in [0.4, 0.5) is 0 Å². The molecule has 0 aliphatic rings. The third-order valence-corrected chi connectivity index (χ3v) is 3.50. The van der Waals surface area contributed by atoms with Crippen LogP contribution in [-0.4, -0.2) is 11.5 Å². The van der Waals surface area contributed by atoms with Crippen LogP contribution < -0.4 is 5.32 Å². The summed E-state index contributed by atoms with van der Waals surface area (Å²) in [5.74, 6) is 0.837. The molecule has 1 aromatic rings. The Balaban J connectivity index is 2.05. The molecule has 0 aliphatic carbocycles. The van der Waals surface area contributed by atoms with Gasteiger partial charge in [-0.25, -0.2) is 0 Å². The van der Waals surface area contributed by atoms with Crippen molar-refractivity contribution in [3.05, 3.63) is 16.6 Å². The Bertz CT molecular complexity index is 244. The maximum absolute atomic E-state index is 4.09. The molecule has 3 heteroatoms. The minimum atomic E-state index is 0.455. The van der Waals surface area contributed by atoms with Gasteiger partial charge in [0.2, 0.25) is 0 Å². The fraction of sp³-hybridized carbons (Fsp3) is 0.750. The van der Waals surface area contributed by atoms with Gasteiger partial charge < -0.3 is 5.32 Å². The number of nitrogens with one attached hydrogen (secondary N) is 1. The van der Waals surface area contributed by atoms with E-state index in [-0.39, 0.29) is 0 Å². The first-order valence-corrected chi connectivity index (χ1v) is 6.70. The molecule has 0 radical (unpaired) electrons. The Morgan fingerprint density at radius 3 is 2.73 bits per heavy atom. The number of hydrogen-bond acceptors (Lipinski definition) is 3. The lowest BCUT2D eigenvalue weighted by Gasteiger charge is -2.11. The van der Waals surface area contributed by atoms with Gasteiger partial charge in [-0.15, -0.1) is 11.3 Å². The maximum atomic E-state index is 4.09. The van der Waals surface area contributed by atoms with E-state index >= 15 is 0 Å². The van der Waals surface area contributed by atoms with Crippen LogP contribution in [0.2, 0.25) is 0 Å². The maximum Gasteiger partial charge on any atom is 0.0794 e. The second kappa shape index (κ2) is 6.96. The predicted octanol–water partition coefficient (Wildman–Crippen LogP) is 3.62. The molecule has 0 fully saturated rings. The predicted molar refractivity (Wildman–Crippen MR) is 67.2 cm³/mol. The van der Waals surface area contributed by atoms with Crippen LogP contribution in [0.15, 0.2) is 11.7 Å². The van der Waals surface area contributed by atoms with Crippen molar-refractivity contribution in [2.75, 3.05) is 6.54 Å². The van der Waals surface area contributed by atoms with Crippen molar-refractivity contribution in [1.82, 2.24) is 10.3 Å². The lowest BCUT2D eigenvalue weighted by atomic mass is 10.1. The van der Waals surface area contributed by atoms with Crippen LogP contribution in [0.1, 0.15) is 51.0 Å². The molecule has 15 heavy (non-hydrogen) atoms. The van der Waals surface area contributed by atoms with Gasteiger partial charge >= 0.3 is 0 Å². The summed E-state index contributed by atoms with van der Waals surface area (Å²) in [5, 5.41) is 3.53. The molecular formula is C12H22N2S. The summed E-state index contributed by atoms with van der Waals surface area (Å²) in [4.78, 5) is 5.42. The highest BCUT2D eigenvalue weighted by Crippen LogP contribution is 2.16. The van der Waals surface area contributed by atoms with Crippen LogP contribution in [-0.2, 0) is 0 Å². The summed E-state index contributed by atoms with van der Waals surface area (Å²) in [6.45, 7) is 7.89. The van der Waals surface area contributed by atoms with Crippen LogP contribution in [0.3, 0.4) is 0 Å². The minimum absolute atomic E-state index is 0.455. The Morgan fingerprint density at radius 1 is 1.33 bits per heavy atom. The van der Waals surface area contributed by atoms with Crippen LogP contribution in [0, 0.1) is 5.92 Å². The molecule has 2 nitrogen and oxygen atoms in total. The number of nitrogens with zero attached hydrogens (tertiary/aromatic N) is 1. The summed E-state index contributed by atoms with van der Waals surface area (Å²) >= 11 is 1.73. The first-order chi connectivity index (χ1) is 7.20. The fourth-order valence-corrected chi connectivity index (χ4v) is 2.19. The summed E-state index contributed by atoms with van der Waals surface area (Å²) in [7, 11) is 0. The van der Waals surface area contributed by atoms with Gasteiger partial charge in [-0.1, -0.05) is 26.7 Å². The van der Waals surface area contributed by atoms with Gasteiger partial charge in [-0.2, -0.15) is 0 Å². The van der Waals surface area contributed by atoms with Crippen LogP contribution in [0.25, 0.3) is 0 Å². The average molecular weight is 226 g/mol. The van der Waals surface area contributed by atoms with E-state index in [4.69, 9.17) is 0 Å². The quantitative estimate of drug-likeness (QED) is 0.718. The van der Waals surface area contributed by atoms with Gasteiger partial charge in [0, 0.05) is 17.1 Å². The average Bonchev–Trinajstić information content (AvgIpc) is 2.69. The minimum Gasteiger partial charge on any atom is -0.309 e. The van der Waals surface area contributed by atoms with Crippen molar-refractivity contribution in [3.8, 4) is 0 Å². The third-order valence-electron chi connectivity index (χ3n) is 2.54. The lowest BCUT2D eigenvalue weighted by molar-refractivity contribution is 0.500. The van der Waals surface area contributed by atoms with Crippen LogP contribution in [0.5, 0.6) is 0 Å². The molecule has 86 valence electrons. The molecule has 1 heterocycles. The largest absolute Gasteiger partial charge is 0.309 e. The molecule has 1 N–H and O–H groups in total. The Kier molecular flexibility index (Phi) is 5.88. The van der Waals surface area contributed by atoms with Crippen molar-refractivity contribution >= 4 is 11.3 Å². The second-order valence-electron chi connectivity index (χ2n) is 4.47. The zero-order valence-corrected chi connectivity index (χ0v) is 10.8. The molecule has 1 atom stereocenters. The molecule has 1 unspecified atom stereocenters. The van der Waals surface area contributed by atoms with E-state index in [1.807, 2.05) is 11.7 Å². The molecule has 0 aromatic carbocycles. The molecular weight excluding hydrogens is 204 g/mol. The lowest BCUT2D eigenvalue weighted by Crippen LogP contribution is -2.19. The molecule has 0 amide bonds. The Hall–Kier alpha value is -0.410. The van der Waals surface area contributed by atoms with E-state index in [2.05, 4.69) is 31.1 Å². The van der Waals surface area contributed by atoms with Gasteiger partial charge in [0.1, 0.15) is 0 Å². The number of aromatic nitrogens is 1. The van der Waals surface area contributed by atoms with Crippen molar-refractivity contribution < 1.29 is 0 Å². The fourth-order valence-electron chi connectivity index (χ4n) is 1.54. The van der Waals surface area contributed by atoms with Gasteiger partial charge in [0.25, 0.3) is 0 Å². The van der Waals surface area contributed by atoms with Crippen molar-refractivity contribution in [3.63, 3.8) is 0 Å². The summed E-state index contributed by atoms with van der Waals surface area (Å²) < 4.78 is 0. The molecule has 0 spiro atoms. The monoisotopic (exact) mass is 226 g/mol. The SMILES string of the molecule is CC(C)CCCCNC(C)c1cncs1. The molecule has 1 rings (SSSR count). The number of thiazole rings is 1. The van der Waals surface area contributed by atoms with E-state index in [0.29, 0.717) is 6.04 Å². The second-order valence-corrected chi connectivity index (χ2v) is 5.39. The van der Waals surface area contributed by atoms with E-state index in [9.17, 15) is 0 Å². The van der Waals surface area contributed by atoms with Gasteiger partial charge in [-0.05, 0) is 25.8 Å².